The van der Waals surface area contributed by atoms with E-state index in [1.165, 1.54) is 20.8 Å². The molecule has 0 spiro atoms. The maximum Gasteiger partial charge on any atom is 0.318 e. The number of carbonyl (C=O) groups is 2. The number of ketones is 1. The van der Waals surface area contributed by atoms with E-state index in [-0.39, 0.29) is 5.78 Å². The number of likely N-dealkylation sites (tertiary alicyclic amines) is 1. The summed E-state index contributed by atoms with van der Waals surface area (Å²) in [5.41, 5.74) is 1.01. The van der Waals surface area contributed by atoms with Gasteiger partial charge in [-0.1, -0.05) is 12.1 Å². The molecular weight excluding hydrogens is 416 g/mol. The zero-order valence-electron chi connectivity index (χ0n) is 18.7. The van der Waals surface area contributed by atoms with E-state index in [1.54, 1.807) is 29.2 Å². The number of nitrogens with two attached hydrogens (primary N) is 1. The molecule has 3 rings (SSSR count). The molecule has 1 aromatic carbocycles. The van der Waals surface area contributed by atoms with Crippen molar-refractivity contribution in [1.82, 2.24) is 10.2 Å². The van der Waals surface area contributed by atoms with Gasteiger partial charge in [0.1, 0.15) is 16.7 Å². The van der Waals surface area contributed by atoms with Gasteiger partial charge in [0, 0.05) is 24.3 Å². The molecule has 2 fully saturated rings. The lowest BCUT2D eigenvalue weighted by molar-refractivity contribution is -0.185. The van der Waals surface area contributed by atoms with Gasteiger partial charge in [-0.05, 0) is 45.7 Å². The van der Waals surface area contributed by atoms with Crippen molar-refractivity contribution in [1.29, 1.82) is 0 Å². The summed E-state index contributed by atoms with van der Waals surface area (Å²) in [4.78, 5) is 26.3. The average Bonchev–Trinajstić information content (AvgIpc) is 3.32. The molecule has 178 valence electrons. The Hall–Kier alpha value is -2.24. The second-order valence-electron chi connectivity index (χ2n) is 9.11. The molecule has 2 aliphatic rings. The Morgan fingerprint density at radius 3 is 2.44 bits per heavy atom. The molecule has 1 saturated heterocycles. The summed E-state index contributed by atoms with van der Waals surface area (Å²) in [6.45, 7) is 4.20. The lowest BCUT2D eigenvalue weighted by Crippen LogP contribution is -2.76. The molecule has 0 radical (unpaired) electrons. The Morgan fingerprint density at radius 1 is 1.28 bits per heavy atom. The normalized spacial score (nSPS) is 35.6. The first-order valence-electron chi connectivity index (χ1n) is 10.9. The monoisotopic (exact) mass is 450 g/mol. The Morgan fingerprint density at radius 2 is 1.91 bits per heavy atom. The molecule has 32 heavy (non-hydrogen) atoms. The third kappa shape index (κ3) is 3.56. The molecule has 1 heterocycles. The molecule has 10 heteroatoms. The number of anilines is 1. The number of carbonyl (C=O) groups excluding carboxylic acids is 2. The maximum atomic E-state index is 13.0. The van der Waals surface area contributed by atoms with Gasteiger partial charge in [-0.2, -0.15) is 0 Å². The van der Waals surface area contributed by atoms with Crippen LogP contribution in [-0.4, -0.2) is 91.8 Å². The average molecular weight is 451 g/mol. The van der Waals surface area contributed by atoms with Crippen LogP contribution >= 0.6 is 0 Å². The molecule has 1 aliphatic heterocycles. The van der Waals surface area contributed by atoms with Crippen LogP contribution in [0.3, 0.4) is 0 Å². The number of Topliss-reactive ketones (excluding diaryl/α,β-unsaturated/α-hetero) is 1. The van der Waals surface area contributed by atoms with Gasteiger partial charge in [-0.15, -0.1) is 0 Å². The van der Waals surface area contributed by atoms with Gasteiger partial charge in [0.05, 0.1) is 24.8 Å². The molecule has 1 aromatic rings. The fourth-order valence-electron chi connectivity index (χ4n) is 5.19. The van der Waals surface area contributed by atoms with Gasteiger partial charge in [0.25, 0.3) is 0 Å². The van der Waals surface area contributed by atoms with Gasteiger partial charge < -0.3 is 41.7 Å². The highest BCUT2D eigenvalue weighted by Gasteiger charge is 2.75. The first-order valence-corrected chi connectivity index (χ1v) is 10.9. The molecule has 8 N–H and O–H groups in total. The van der Waals surface area contributed by atoms with Crippen molar-refractivity contribution >= 4 is 17.5 Å². The summed E-state index contributed by atoms with van der Waals surface area (Å²) < 4.78 is 0. The predicted molar refractivity (Wildman–Crippen MR) is 118 cm³/mol. The second kappa shape index (κ2) is 8.60. The Kier molecular flexibility index (Phi) is 6.56. The number of urea groups is 1. The van der Waals surface area contributed by atoms with E-state index in [4.69, 9.17) is 5.73 Å². The first-order chi connectivity index (χ1) is 14.9. The molecular formula is C22H34N4O6. The van der Waals surface area contributed by atoms with Gasteiger partial charge in [0.2, 0.25) is 0 Å². The van der Waals surface area contributed by atoms with Crippen molar-refractivity contribution in [3.8, 4) is 0 Å². The van der Waals surface area contributed by atoms with Crippen molar-refractivity contribution in [2.75, 3.05) is 25.0 Å². The van der Waals surface area contributed by atoms with Gasteiger partial charge >= 0.3 is 6.03 Å². The van der Waals surface area contributed by atoms with Crippen molar-refractivity contribution in [2.24, 2.45) is 5.73 Å². The summed E-state index contributed by atoms with van der Waals surface area (Å²) in [6, 6.07) is 3.57. The van der Waals surface area contributed by atoms with Gasteiger partial charge in [0.15, 0.2) is 5.78 Å². The van der Waals surface area contributed by atoms with E-state index < -0.39 is 47.6 Å². The minimum Gasteiger partial charge on any atom is -0.393 e. The van der Waals surface area contributed by atoms with E-state index in [0.717, 1.165) is 12.8 Å². The van der Waals surface area contributed by atoms with E-state index in [1.807, 2.05) is 0 Å². The summed E-state index contributed by atoms with van der Waals surface area (Å²) in [6.07, 6.45) is 0.302. The number of hydrogen-bond donors (Lipinski definition) is 7. The minimum atomic E-state index is -2.24. The third-order valence-electron chi connectivity index (χ3n) is 7.25. The second-order valence-corrected chi connectivity index (χ2v) is 9.11. The van der Waals surface area contributed by atoms with Crippen LogP contribution in [0.5, 0.6) is 0 Å². The van der Waals surface area contributed by atoms with Crippen molar-refractivity contribution in [3.63, 3.8) is 0 Å². The fourth-order valence-corrected chi connectivity index (χ4v) is 5.19. The highest BCUT2D eigenvalue weighted by Crippen LogP contribution is 2.48. The number of hydrogen-bond acceptors (Lipinski definition) is 8. The topological polar surface area (TPSA) is 168 Å². The number of benzene rings is 1. The maximum absolute atomic E-state index is 13.0. The Bertz CT molecular complexity index is 872. The lowest BCUT2D eigenvalue weighted by Gasteiger charge is -2.48. The largest absolute Gasteiger partial charge is 0.393 e. The molecule has 2 amide bonds. The zero-order chi connectivity index (χ0) is 23.9. The van der Waals surface area contributed by atoms with E-state index >= 15 is 0 Å². The van der Waals surface area contributed by atoms with E-state index in [2.05, 4.69) is 10.6 Å². The first kappa shape index (κ1) is 24.4. The SMILES string of the molecule is CC(=O)c1cccc(N[C@H]2[C@H](N)[C@@](NC(=O)N3CCCC3)([C@H](C)O)[C@@](C)(O)[C@@]2(O)CO)c1. The zero-order valence-corrected chi connectivity index (χ0v) is 18.7. The third-order valence-corrected chi connectivity index (χ3v) is 7.25. The van der Waals surface area contributed by atoms with Crippen molar-refractivity contribution in [3.05, 3.63) is 29.8 Å². The molecule has 0 aromatic heterocycles. The predicted octanol–water partition coefficient (Wildman–Crippen LogP) is -0.590. The summed E-state index contributed by atoms with van der Waals surface area (Å²) in [5, 5.41) is 49.7. The Balaban J connectivity index is 2.04. The van der Waals surface area contributed by atoms with Crippen molar-refractivity contribution < 1.29 is 30.0 Å². The summed E-state index contributed by atoms with van der Waals surface area (Å²) in [5.74, 6) is -0.162. The van der Waals surface area contributed by atoms with Crippen LogP contribution in [0.4, 0.5) is 10.5 Å². The van der Waals surface area contributed by atoms with E-state index in [0.29, 0.717) is 24.3 Å². The van der Waals surface area contributed by atoms with Crippen LogP contribution in [-0.2, 0) is 0 Å². The van der Waals surface area contributed by atoms with Crippen molar-refractivity contribution in [2.45, 2.75) is 68.5 Å². The van der Waals surface area contributed by atoms with Gasteiger partial charge in [-0.25, -0.2) is 4.79 Å². The highest BCUT2D eigenvalue weighted by atomic mass is 16.4. The summed E-state index contributed by atoms with van der Waals surface area (Å²) in [7, 11) is 0. The molecule has 0 bridgehead atoms. The van der Waals surface area contributed by atoms with Crippen LogP contribution in [0, 0.1) is 0 Å². The lowest BCUT2D eigenvalue weighted by atomic mass is 9.73. The van der Waals surface area contributed by atoms with Crippen LogP contribution in [0.1, 0.15) is 44.0 Å². The molecule has 1 saturated carbocycles. The Labute approximate surface area is 187 Å². The molecule has 10 nitrogen and oxygen atoms in total. The van der Waals surface area contributed by atoms with Crippen LogP contribution < -0.4 is 16.4 Å². The van der Waals surface area contributed by atoms with Crippen LogP contribution in [0.2, 0.25) is 0 Å². The van der Waals surface area contributed by atoms with Gasteiger partial charge in [-0.3, -0.25) is 4.79 Å². The number of amides is 2. The number of rotatable bonds is 6. The van der Waals surface area contributed by atoms with Crippen LogP contribution in [0.25, 0.3) is 0 Å². The number of aliphatic hydroxyl groups is 4. The molecule has 1 aliphatic carbocycles. The molecule has 6 atom stereocenters. The fraction of sp³-hybridized carbons (Fsp3) is 0.636. The van der Waals surface area contributed by atoms with Crippen LogP contribution in [0.15, 0.2) is 24.3 Å². The smallest absolute Gasteiger partial charge is 0.318 e. The minimum absolute atomic E-state index is 0.162. The number of nitrogens with zero attached hydrogens (tertiary/aromatic N) is 1. The standard InChI is InChI=1S/C22H34N4O6/c1-13(28)15-7-6-8-16(11-15)24-18-17(23)22(14(2)29,20(3,31)21(18,32)12-27)25-19(30)26-9-4-5-10-26/h6-8,11,14,17-18,24,27,29,31-32H,4-5,9-10,12,23H2,1-3H3,(H,25,30)/t14-,17-,18-,20-,21+,22-/m0/s1. The number of nitrogens with one attached hydrogen (secondary N) is 2. The highest BCUT2D eigenvalue weighted by molar-refractivity contribution is 5.95. The number of aliphatic hydroxyl groups excluding tert-OH is 2. The quantitative estimate of drug-likeness (QED) is 0.282. The molecule has 0 unspecified atom stereocenters. The summed E-state index contributed by atoms with van der Waals surface area (Å²) >= 11 is 0. The van der Waals surface area contributed by atoms with E-state index in [9.17, 15) is 30.0 Å².